The molecular weight excluding hydrogens is 452 g/mol. The van der Waals surface area contributed by atoms with Crippen molar-refractivity contribution in [1.29, 1.82) is 0 Å². The third-order valence-corrected chi connectivity index (χ3v) is 7.64. The normalized spacial score (nSPS) is 20.9. The third kappa shape index (κ3) is 5.88. The quantitative estimate of drug-likeness (QED) is 0.587. The van der Waals surface area contributed by atoms with E-state index in [0.717, 1.165) is 55.4 Å². The number of carbonyl (C=O) groups excluding carboxylic acids is 2. The van der Waals surface area contributed by atoms with Crippen molar-refractivity contribution >= 4 is 23.2 Å². The zero-order valence-corrected chi connectivity index (χ0v) is 21.1. The Morgan fingerprint density at radius 1 is 1.18 bits per heavy atom. The van der Waals surface area contributed by atoms with E-state index in [2.05, 4.69) is 20.6 Å². The van der Waals surface area contributed by atoms with Crippen LogP contribution in [0.1, 0.15) is 41.9 Å². The average molecular weight is 487 g/mol. The van der Waals surface area contributed by atoms with Gasteiger partial charge in [-0.2, -0.15) is 0 Å². The van der Waals surface area contributed by atoms with Gasteiger partial charge in [-0.3, -0.25) is 14.5 Å². The maximum atomic E-state index is 13.0. The van der Waals surface area contributed by atoms with Gasteiger partial charge in [0.05, 0.1) is 24.9 Å². The number of aryl methyl sites for hydroxylation is 1. The molecule has 0 saturated carbocycles. The summed E-state index contributed by atoms with van der Waals surface area (Å²) >= 11 is 1.68. The number of rotatable bonds is 9. The Labute approximate surface area is 205 Å². The first kappa shape index (κ1) is 24.5. The molecule has 9 heteroatoms. The number of methoxy groups -OCH3 is 2. The van der Waals surface area contributed by atoms with Crippen molar-refractivity contribution in [1.82, 2.24) is 20.1 Å². The zero-order chi connectivity index (χ0) is 24.1. The van der Waals surface area contributed by atoms with E-state index in [9.17, 15) is 9.59 Å². The molecule has 1 N–H and O–H groups in total. The van der Waals surface area contributed by atoms with Crippen LogP contribution < -0.4 is 14.8 Å². The molecule has 0 unspecified atom stereocenters. The van der Waals surface area contributed by atoms with Gasteiger partial charge in [-0.1, -0.05) is 6.07 Å². The van der Waals surface area contributed by atoms with Gasteiger partial charge in [0.25, 0.3) is 0 Å². The van der Waals surface area contributed by atoms with Crippen LogP contribution in [0.2, 0.25) is 0 Å². The molecule has 1 aromatic heterocycles. The molecule has 0 spiro atoms. The molecule has 2 aromatic rings. The molecule has 1 atom stereocenters. The van der Waals surface area contributed by atoms with Gasteiger partial charge < -0.3 is 19.7 Å². The molecule has 184 valence electrons. The van der Waals surface area contributed by atoms with Gasteiger partial charge in [0, 0.05) is 56.5 Å². The molecule has 0 radical (unpaired) electrons. The largest absolute Gasteiger partial charge is 0.493 e. The molecule has 34 heavy (non-hydrogen) atoms. The number of benzene rings is 1. The third-order valence-electron chi connectivity index (χ3n) is 6.82. The molecule has 2 aliphatic heterocycles. The maximum Gasteiger partial charge on any atom is 0.222 e. The van der Waals surface area contributed by atoms with Crippen LogP contribution in [0.15, 0.2) is 23.6 Å². The minimum atomic E-state index is -0.406. The number of nitrogens with zero attached hydrogens (tertiary/aromatic N) is 3. The van der Waals surface area contributed by atoms with E-state index < -0.39 is 5.54 Å². The van der Waals surface area contributed by atoms with E-state index in [-0.39, 0.29) is 11.8 Å². The molecule has 2 fully saturated rings. The fourth-order valence-electron chi connectivity index (χ4n) is 4.93. The average Bonchev–Trinajstić information content (AvgIpc) is 3.42. The van der Waals surface area contributed by atoms with Crippen LogP contribution >= 0.6 is 11.3 Å². The minimum absolute atomic E-state index is 0.0545. The summed E-state index contributed by atoms with van der Waals surface area (Å²) in [6, 6.07) is 5.84. The van der Waals surface area contributed by atoms with Crippen molar-refractivity contribution in [2.75, 3.05) is 40.4 Å². The number of carbonyl (C=O) groups is 2. The van der Waals surface area contributed by atoms with Crippen LogP contribution in [0.3, 0.4) is 0 Å². The molecule has 2 aliphatic rings. The van der Waals surface area contributed by atoms with Crippen molar-refractivity contribution < 1.29 is 19.1 Å². The van der Waals surface area contributed by atoms with E-state index >= 15 is 0 Å². The van der Waals surface area contributed by atoms with Crippen LogP contribution in [0.4, 0.5) is 0 Å². The first-order valence-electron chi connectivity index (χ1n) is 11.8. The van der Waals surface area contributed by atoms with Gasteiger partial charge in [-0.05, 0) is 43.9 Å². The molecule has 2 saturated heterocycles. The number of piperazine rings is 1. The van der Waals surface area contributed by atoms with E-state index in [1.165, 1.54) is 0 Å². The molecule has 8 nitrogen and oxygen atoms in total. The summed E-state index contributed by atoms with van der Waals surface area (Å²) in [7, 11) is 3.23. The van der Waals surface area contributed by atoms with Gasteiger partial charge in [0.1, 0.15) is 0 Å². The van der Waals surface area contributed by atoms with E-state index in [0.29, 0.717) is 37.2 Å². The van der Waals surface area contributed by atoms with Crippen molar-refractivity contribution in [3.05, 3.63) is 39.8 Å². The lowest BCUT2D eigenvalue weighted by atomic mass is 9.84. The van der Waals surface area contributed by atoms with Crippen LogP contribution in [0, 0.1) is 6.92 Å². The standard InChI is InChI=1S/C25H34N4O4S/c1-18-26-20(17-34-18)16-28-10-12-29(13-11-28)24(31)7-9-25(8-6-23(30)27-25)15-19-4-5-21(32-2)22(14-19)33-3/h4-5,14,17H,6-13,15-16H2,1-3H3,(H,27,30)/t25-/m0/s1. The fourth-order valence-corrected chi connectivity index (χ4v) is 5.54. The lowest BCUT2D eigenvalue weighted by Gasteiger charge is -2.35. The van der Waals surface area contributed by atoms with Crippen LogP contribution in [0.5, 0.6) is 11.5 Å². The second-order valence-corrected chi connectivity index (χ2v) is 10.3. The Hall–Kier alpha value is -2.65. The Morgan fingerprint density at radius 2 is 1.94 bits per heavy atom. The first-order chi connectivity index (χ1) is 16.4. The number of hydrogen-bond donors (Lipinski definition) is 1. The molecule has 3 heterocycles. The molecule has 0 bridgehead atoms. The Balaban J connectivity index is 1.32. The fraction of sp³-hybridized carbons (Fsp3) is 0.560. The Kier molecular flexibility index (Phi) is 7.73. The maximum absolute atomic E-state index is 13.0. The van der Waals surface area contributed by atoms with Crippen LogP contribution in [-0.2, 0) is 22.6 Å². The van der Waals surface area contributed by atoms with Gasteiger partial charge in [0.2, 0.25) is 11.8 Å². The van der Waals surface area contributed by atoms with Gasteiger partial charge in [-0.25, -0.2) is 4.98 Å². The summed E-state index contributed by atoms with van der Waals surface area (Å²) in [4.78, 5) is 34.0. The first-order valence-corrected chi connectivity index (χ1v) is 12.7. The summed E-state index contributed by atoms with van der Waals surface area (Å²) in [5, 5.41) is 6.38. The van der Waals surface area contributed by atoms with E-state index in [1.54, 1.807) is 25.6 Å². The SMILES string of the molecule is COc1ccc(C[C@@]2(CCC(=O)N3CCN(Cc4csc(C)n4)CC3)CCC(=O)N2)cc1OC. The highest BCUT2D eigenvalue weighted by Crippen LogP contribution is 2.33. The number of nitrogens with one attached hydrogen (secondary N) is 1. The summed E-state index contributed by atoms with van der Waals surface area (Å²) in [5.41, 5.74) is 1.76. The predicted molar refractivity (Wildman–Crippen MR) is 131 cm³/mol. The molecule has 0 aliphatic carbocycles. The van der Waals surface area contributed by atoms with Gasteiger partial charge >= 0.3 is 0 Å². The summed E-state index contributed by atoms with van der Waals surface area (Å²) in [6.07, 6.45) is 2.95. The highest BCUT2D eigenvalue weighted by molar-refractivity contribution is 7.09. The number of hydrogen-bond acceptors (Lipinski definition) is 7. The molecule has 4 rings (SSSR count). The minimum Gasteiger partial charge on any atom is -0.493 e. The van der Waals surface area contributed by atoms with Crippen LogP contribution in [-0.4, -0.2) is 72.5 Å². The number of thiazole rings is 1. The monoisotopic (exact) mass is 486 g/mol. The molecular formula is C25H34N4O4S. The van der Waals surface area contributed by atoms with Crippen molar-refractivity contribution in [3.8, 4) is 11.5 Å². The predicted octanol–water partition coefficient (Wildman–Crippen LogP) is 2.78. The summed E-state index contributed by atoms with van der Waals surface area (Å²) in [6.45, 7) is 6.04. The van der Waals surface area contributed by atoms with Crippen molar-refractivity contribution in [3.63, 3.8) is 0 Å². The smallest absolute Gasteiger partial charge is 0.222 e. The van der Waals surface area contributed by atoms with E-state index in [4.69, 9.17) is 9.47 Å². The lowest BCUT2D eigenvalue weighted by Crippen LogP contribution is -2.49. The molecule has 2 amide bonds. The lowest BCUT2D eigenvalue weighted by molar-refractivity contribution is -0.133. The number of amides is 2. The van der Waals surface area contributed by atoms with E-state index in [1.807, 2.05) is 30.0 Å². The molecule has 1 aromatic carbocycles. The highest BCUT2D eigenvalue weighted by atomic mass is 32.1. The summed E-state index contributed by atoms with van der Waals surface area (Å²) in [5.74, 6) is 1.56. The van der Waals surface area contributed by atoms with Crippen molar-refractivity contribution in [2.24, 2.45) is 0 Å². The second kappa shape index (κ2) is 10.7. The topological polar surface area (TPSA) is 84.0 Å². The van der Waals surface area contributed by atoms with Gasteiger partial charge in [0.15, 0.2) is 11.5 Å². The second-order valence-electron chi connectivity index (χ2n) is 9.21. The van der Waals surface area contributed by atoms with Crippen molar-refractivity contribution in [2.45, 2.75) is 51.1 Å². The number of ether oxygens (including phenoxy) is 2. The highest BCUT2D eigenvalue weighted by Gasteiger charge is 2.38. The number of aromatic nitrogens is 1. The summed E-state index contributed by atoms with van der Waals surface area (Å²) < 4.78 is 10.8. The Morgan fingerprint density at radius 3 is 2.56 bits per heavy atom. The van der Waals surface area contributed by atoms with Gasteiger partial charge in [-0.15, -0.1) is 11.3 Å². The van der Waals surface area contributed by atoms with Crippen LogP contribution in [0.25, 0.3) is 0 Å². The zero-order valence-electron chi connectivity index (χ0n) is 20.3. The Bertz CT molecular complexity index is 1020.